The first-order chi connectivity index (χ1) is 18.4. The molecule has 0 unspecified atom stereocenters. The second-order valence-corrected chi connectivity index (χ2v) is 9.52. The minimum Gasteiger partial charge on any atom is -0.497 e. The van der Waals surface area contributed by atoms with E-state index in [1.54, 1.807) is 41.2 Å². The molecule has 2 saturated heterocycles. The van der Waals surface area contributed by atoms with Crippen LogP contribution in [0.5, 0.6) is 5.75 Å². The smallest absolute Gasteiger partial charge is 0.253 e. The van der Waals surface area contributed by atoms with E-state index in [1.165, 1.54) is 24.3 Å². The Hall–Kier alpha value is -4.40. The molecule has 3 amide bonds. The summed E-state index contributed by atoms with van der Waals surface area (Å²) in [4.78, 5) is 45.1. The van der Waals surface area contributed by atoms with Gasteiger partial charge < -0.3 is 24.8 Å². The fourth-order valence-corrected chi connectivity index (χ4v) is 5.23. The molecule has 3 aromatic carbocycles. The monoisotopic (exact) mass is 516 g/mol. The number of methoxy groups -OCH3 is 1. The minimum atomic E-state index is -0.860. The summed E-state index contributed by atoms with van der Waals surface area (Å²) in [5.74, 6) is -0.322. The number of carbonyl (C=O) groups excluding carboxylic acids is 3. The van der Waals surface area contributed by atoms with Gasteiger partial charge in [-0.2, -0.15) is 0 Å². The minimum absolute atomic E-state index is 0.0891. The number of nitrogens with one attached hydrogen (secondary N) is 1. The second kappa shape index (κ2) is 10.5. The summed E-state index contributed by atoms with van der Waals surface area (Å²) in [6, 6.07) is 22.1. The molecule has 0 atom stereocenters. The summed E-state index contributed by atoms with van der Waals surface area (Å²) in [7, 11) is 1.57. The van der Waals surface area contributed by atoms with Gasteiger partial charge in [0.05, 0.1) is 13.8 Å². The molecule has 3 aromatic rings. The van der Waals surface area contributed by atoms with Gasteiger partial charge in [0.15, 0.2) is 0 Å². The number of anilines is 2. The molecule has 2 fully saturated rings. The van der Waals surface area contributed by atoms with Gasteiger partial charge >= 0.3 is 0 Å². The van der Waals surface area contributed by atoms with Gasteiger partial charge in [-0.3, -0.25) is 14.4 Å². The third kappa shape index (κ3) is 4.91. The molecular weight excluding hydrogens is 487 g/mol. The van der Waals surface area contributed by atoms with E-state index in [2.05, 4.69) is 10.2 Å². The Morgan fingerprint density at radius 2 is 1.61 bits per heavy atom. The van der Waals surface area contributed by atoms with Gasteiger partial charge in [0.25, 0.3) is 11.8 Å². The van der Waals surface area contributed by atoms with Crippen LogP contribution in [0, 0.1) is 5.82 Å². The summed E-state index contributed by atoms with van der Waals surface area (Å²) in [6.45, 7) is 0.924. The zero-order valence-electron chi connectivity index (χ0n) is 21.1. The normalized spacial score (nSPS) is 16.6. The number of nitrogens with zero attached hydrogens (tertiary/aromatic N) is 3. The third-order valence-electron chi connectivity index (χ3n) is 7.26. The first kappa shape index (κ1) is 25.3. The number of amides is 3. The molecule has 196 valence electrons. The van der Waals surface area contributed by atoms with Gasteiger partial charge in [-0.1, -0.05) is 18.2 Å². The predicted molar refractivity (Wildman–Crippen MR) is 141 cm³/mol. The quantitative estimate of drug-likeness (QED) is 0.540. The van der Waals surface area contributed by atoms with Gasteiger partial charge in [-0.15, -0.1) is 0 Å². The van der Waals surface area contributed by atoms with Gasteiger partial charge in [0.2, 0.25) is 5.91 Å². The number of rotatable bonds is 6. The van der Waals surface area contributed by atoms with Crippen LogP contribution in [0.25, 0.3) is 0 Å². The maximum atomic E-state index is 13.9. The van der Waals surface area contributed by atoms with E-state index in [9.17, 15) is 18.8 Å². The molecule has 2 aliphatic rings. The summed E-state index contributed by atoms with van der Waals surface area (Å²) < 4.78 is 18.5. The van der Waals surface area contributed by atoms with Gasteiger partial charge in [0, 0.05) is 30.0 Å². The molecule has 8 nitrogen and oxygen atoms in total. The van der Waals surface area contributed by atoms with Crippen LogP contribution in [-0.4, -0.2) is 66.5 Å². The van der Waals surface area contributed by atoms with Crippen molar-refractivity contribution in [1.29, 1.82) is 0 Å². The first-order valence-corrected chi connectivity index (χ1v) is 12.5. The maximum absolute atomic E-state index is 13.9. The number of hydrogen-bond acceptors (Lipinski definition) is 5. The lowest BCUT2D eigenvalue weighted by Gasteiger charge is -2.43. The van der Waals surface area contributed by atoms with Crippen molar-refractivity contribution in [2.45, 2.75) is 18.4 Å². The van der Waals surface area contributed by atoms with E-state index in [-0.39, 0.29) is 30.9 Å². The highest BCUT2D eigenvalue weighted by molar-refractivity contribution is 6.00. The van der Waals surface area contributed by atoms with Crippen molar-refractivity contribution in [3.8, 4) is 5.75 Å². The lowest BCUT2D eigenvalue weighted by Crippen LogP contribution is -2.57. The van der Waals surface area contributed by atoms with Crippen molar-refractivity contribution in [1.82, 2.24) is 9.80 Å². The van der Waals surface area contributed by atoms with Gasteiger partial charge in [-0.05, 0) is 73.5 Å². The summed E-state index contributed by atoms with van der Waals surface area (Å²) in [6.07, 6.45) is 0.842. The molecule has 9 heteroatoms. The van der Waals surface area contributed by atoms with Crippen molar-refractivity contribution in [3.05, 3.63) is 90.2 Å². The average Bonchev–Trinajstić information content (AvgIpc) is 3.20. The third-order valence-corrected chi connectivity index (χ3v) is 7.26. The number of halogens is 1. The number of carbonyl (C=O) groups is 3. The van der Waals surface area contributed by atoms with E-state index in [4.69, 9.17) is 4.74 Å². The Labute approximate surface area is 220 Å². The topological polar surface area (TPSA) is 82.2 Å². The van der Waals surface area contributed by atoms with Gasteiger partial charge in [0.1, 0.15) is 23.7 Å². The van der Waals surface area contributed by atoms with E-state index >= 15 is 0 Å². The Balaban J connectivity index is 1.32. The van der Waals surface area contributed by atoms with Crippen molar-refractivity contribution in [2.75, 3.05) is 43.6 Å². The fraction of sp³-hybridized carbons (Fsp3) is 0.276. The summed E-state index contributed by atoms with van der Waals surface area (Å²) in [5, 5.41) is 2.84. The zero-order chi connectivity index (χ0) is 26.7. The van der Waals surface area contributed by atoms with Crippen molar-refractivity contribution >= 4 is 29.1 Å². The second-order valence-electron chi connectivity index (χ2n) is 9.52. The lowest BCUT2D eigenvalue weighted by atomic mass is 9.85. The van der Waals surface area contributed by atoms with Crippen LogP contribution < -0.4 is 15.0 Å². The number of para-hydroxylation sites is 1. The lowest BCUT2D eigenvalue weighted by molar-refractivity contribution is -0.136. The molecular formula is C29H29FN4O4. The maximum Gasteiger partial charge on any atom is 0.253 e. The molecule has 0 bridgehead atoms. The van der Waals surface area contributed by atoms with Crippen LogP contribution in [0.15, 0.2) is 78.9 Å². The van der Waals surface area contributed by atoms with Crippen molar-refractivity contribution in [2.24, 2.45) is 0 Å². The largest absolute Gasteiger partial charge is 0.497 e. The van der Waals surface area contributed by atoms with Crippen LogP contribution >= 0.6 is 0 Å². The van der Waals surface area contributed by atoms with Crippen molar-refractivity contribution < 1.29 is 23.5 Å². The van der Waals surface area contributed by atoms with Crippen LogP contribution in [-0.2, 0) is 9.59 Å². The highest BCUT2D eigenvalue weighted by atomic mass is 19.1. The number of piperidine rings is 1. The molecule has 0 radical (unpaired) electrons. The Morgan fingerprint density at radius 3 is 2.24 bits per heavy atom. The predicted octanol–water partition coefficient (Wildman–Crippen LogP) is 3.75. The van der Waals surface area contributed by atoms with Crippen LogP contribution in [0.3, 0.4) is 0 Å². The number of ether oxygens (including phenoxy) is 1. The molecule has 2 aliphatic heterocycles. The highest BCUT2D eigenvalue weighted by Crippen LogP contribution is 2.39. The average molecular weight is 517 g/mol. The summed E-state index contributed by atoms with van der Waals surface area (Å²) >= 11 is 0. The van der Waals surface area contributed by atoms with E-state index in [0.29, 0.717) is 42.9 Å². The molecule has 1 spiro atoms. The van der Waals surface area contributed by atoms with Crippen molar-refractivity contribution in [3.63, 3.8) is 0 Å². The zero-order valence-corrected chi connectivity index (χ0v) is 21.1. The molecule has 2 heterocycles. The molecule has 0 aromatic heterocycles. The van der Waals surface area contributed by atoms with E-state index in [0.717, 1.165) is 5.69 Å². The number of benzene rings is 3. The Bertz CT molecular complexity index is 1310. The molecule has 1 N–H and O–H groups in total. The molecule has 0 aliphatic carbocycles. The Kier molecular flexibility index (Phi) is 7.00. The van der Waals surface area contributed by atoms with Gasteiger partial charge in [-0.25, -0.2) is 4.39 Å². The van der Waals surface area contributed by atoms with E-state index in [1.807, 2.05) is 30.3 Å². The number of hydrogen-bond donors (Lipinski definition) is 1. The fourth-order valence-electron chi connectivity index (χ4n) is 5.23. The van der Waals surface area contributed by atoms with E-state index < -0.39 is 11.4 Å². The summed E-state index contributed by atoms with van der Waals surface area (Å²) in [5.41, 5.74) is 1.06. The molecule has 5 rings (SSSR count). The highest BCUT2D eigenvalue weighted by Gasteiger charge is 2.54. The van der Waals surface area contributed by atoms with Crippen LogP contribution in [0.2, 0.25) is 0 Å². The van der Waals surface area contributed by atoms with Crippen LogP contribution in [0.1, 0.15) is 23.2 Å². The number of likely N-dealkylation sites (tertiary alicyclic amines) is 1. The SMILES string of the molecule is COc1ccc(NC(=O)CN2CN(c3ccccc3)C3(CCN(C(=O)c4ccc(F)cc4)CC3)C2=O)cc1. The molecule has 0 saturated carbocycles. The Morgan fingerprint density at radius 1 is 0.947 bits per heavy atom. The van der Waals surface area contributed by atoms with Crippen LogP contribution in [0.4, 0.5) is 15.8 Å². The molecule has 38 heavy (non-hydrogen) atoms. The standard InChI is InChI=1S/C29H29FN4O4/c1-38-25-13-11-23(12-14-25)31-26(35)19-33-20-34(24-5-3-2-4-6-24)29(28(33)37)15-17-32(18-16-29)27(36)21-7-9-22(30)10-8-21/h2-14H,15-20H2,1H3,(H,31,35). The first-order valence-electron chi connectivity index (χ1n) is 12.5.